The summed E-state index contributed by atoms with van der Waals surface area (Å²) in [4.78, 5) is 2.28. The van der Waals surface area contributed by atoms with Crippen molar-refractivity contribution in [3.8, 4) is 5.75 Å². The van der Waals surface area contributed by atoms with Gasteiger partial charge in [-0.3, -0.25) is 0 Å². The van der Waals surface area contributed by atoms with E-state index in [2.05, 4.69) is 25.7 Å². The number of nitrogen functional groups attached to an aromatic ring is 1. The number of nitrogens with zero attached hydrogens (tertiary/aromatic N) is 1. The molecule has 0 aliphatic heterocycles. The van der Waals surface area contributed by atoms with Gasteiger partial charge in [0.2, 0.25) is 0 Å². The summed E-state index contributed by atoms with van der Waals surface area (Å²) in [6.07, 6.45) is 0.973. The van der Waals surface area contributed by atoms with Crippen LogP contribution in [-0.4, -0.2) is 32.9 Å². The van der Waals surface area contributed by atoms with Crippen LogP contribution >= 0.6 is 0 Å². The minimum atomic E-state index is 0.317. The molecular formula is C15H26N2O2. The molecule has 0 radical (unpaired) electrons. The van der Waals surface area contributed by atoms with Crippen molar-refractivity contribution < 1.29 is 9.47 Å². The maximum atomic E-state index is 5.94. The molecule has 1 rings (SSSR count). The molecule has 0 aromatic heterocycles. The summed E-state index contributed by atoms with van der Waals surface area (Å²) in [5.74, 6) is 0.766. The van der Waals surface area contributed by atoms with E-state index in [0.717, 1.165) is 24.4 Å². The molecule has 1 unspecified atom stereocenters. The molecule has 0 saturated carbocycles. The Balaban J connectivity index is 2.91. The highest BCUT2D eigenvalue weighted by Crippen LogP contribution is 2.28. The Hall–Kier alpha value is -1.42. The van der Waals surface area contributed by atoms with Gasteiger partial charge in [0, 0.05) is 31.5 Å². The van der Waals surface area contributed by atoms with Crippen LogP contribution in [0.4, 0.5) is 11.4 Å². The summed E-state index contributed by atoms with van der Waals surface area (Å²) in [7, 11) is 1.73. The lowest BCUT2D eigenvalue weighted by atomic mass is 10.2. The molecule has 0 heterocycles. The number of ether oxygens (including phenoxy) is 2. The summed E-state index contributed by atoms with van der Waals surface area (Å²) >= 11 is 0. The lowest BCUT2D eigenvalue weighted by Crippen LogP contribution is -2.36. The number of nitrogens with two attached hydrogens (primary N) is 1. The van der Waals surface area contributed by atoms with Crippen LogP contribution in [0, 0.1) is 0 Å². The van der Waals surface area contributed by atoms with Crippen molar-refractivity contribution in [3.05, 3.63) is 18.2 Å². The first-order valence-electron chi connectivity index (χ1n) is 6.91. The minimum Gasteiger partial charge on any atom is -0.491 e. The molecule has 1 atom stereocenters. The predicted molar refractivity (Wildman–Crippen MR) is 81.0 cm³/mol. The Morgan fingerprint density at radius 2 is 2.05 bits per heavy atom. The fourth-order valence-corrected chi connectivity index (χ4v) is 2.12. The summed E-state index contributed by atoms with van der Waals surface area (Å²) in [6, 6.07) is 6.27. The largest absolute Gasteiger partial charge is 0.491 e. The highest BCUT2D eigenvalue weighted by atomic mass is 16.5. The predicted octanol–water partition coefficient (Wildman–Crippen LogP) is 2.92. The van der Waals surface area contributed by atoms with Gasteiger partial charge in [-0.15, -0.1) is 0 Å². The molecule has 2 N–H and O–H groups in total. The normalized spacial score (nSPS) is 12.2. The second-order valence-electron chi connectivity index (χ2n) is 4.66. The standard InChI is InChI=1S/C15H26N2O2/c1-5-9-19-15-10-13(7-8-14(15)16)17(6-2)12(3)11-18-4/h7-8,10,12H,5-6,9,11,16H2,1-4H3. The number of benzene rings is 1. The van der Waals surface area contributed by atoms with E-state index in [-0.39, 0.29) is 0 Å². The van der Waals surface area contributed by atoms with Crippen molar-refractivity contribution in [1.82, 2.24) is 0 Å². The lowest BCUT2D eigenvalue weighted by molar-refractivity contribution is 0.182. The monoisotopic (exact) mass is 266 g/mol. The molecular weight excluding hydrogens is 240 g/mol. The fourth-order valence-electron chi connectivity index (χ4n) is 2.12. The smallest absolute Gasteiger partial charge is 0.144 e. The zero-order valence-corrected chi connectivity index (χ0v) is 12.5. The third-order valence-electron chi connectivity index (χ3n) is 3.07. The Bertz CT molecular complexity index is 382. The third-order valence-corrected chi connectivity index (χ3v) is 3.07. The van der Waals surface area contributed by atoms with Crippen LogP contribution in [0.25, 0.3) is 0 Å². The summed E-state index contributed by atoms with van der Waals surface area (Å²) in [5.41, 5.74) is 7.74. The van der Waals surface area contributed by atoms with Crippen molar-refractivity contribution in [1.29, 1.82) is 0 Å². The van der Waals surface area contributed by atoms with Gasteiger partial charge in [0.05, 0.1) is 18.9 Å². The van der Waals surface area contributed by atoms with Crippen LogP contribution in [0.1, 0.15) is 27.2 Å². The number of hydrogen-bond donors (Lipinski definition) is 1. The molecule has 0 fully saturated rings. The van der Waals surface area contributed by atoms with E-state index >= 15 is 0 Å². The van der Waals surface area contributed by atoms with Crippen molar-refractivity contribution in [3.63, 3.8) is 0 Å². The molecule has 0 aliphatic carbocycles. The molecule has 1 aromatic rings. The molecule has 1 aromatic carbocycles. The topological polar surface area (TPSA) is 47.7 Å². The summed E-state index contributed by atoms with van der Waals surface area (Å²) < 4.78 is 10.9. The average molecular weight is 266 g/mol. The highest BCUT2D eigenvalue weighted by Gasteiger charge is 2.14. The van der Waals surface area contributed by atoms with Gasteiger partial charge in [-0.1, -0.05) is 6.92 Å². The quantitative estimate of drug-likeness (QED) is 0.735. The molecule has 19 heavy (non-hydrogen) atoms. The molecule has 0 saturated heterocycles. The molecule has 4 heteroatoms. The van der Waals surface area contributed by atoms with Gasteiger partial charge in [0.15, 0.2) is 0 Å². The summed E-state index contributed by atoms with van der Waals surface area (Å²) in [5, 5.41) is 0. The van der Waals surface area contributed by atoms with Gasteiger partial charge in [0.25, 0.3) is 0 Å². The molecule has 108 valence electrons. The number of methoxy groups -OCH3 is 1. The van der Waals surface area contributed by atoms with Gasteiger partial charge in [-0.05, 0) is 32.4 Å². The van der Waals surface area contributed by atoms with Crippen molar-refractivity contribution in [2.45, 2.75) is 33.2 Å². The van der Waals surface area contributed by atoms with E-state index in [4.69, 9.17) is 15.2 Å². The maximum absolute atomic E-state index is 5.94. The Kier molecular flexibility index (Phi) is 6.50. The van der Waals surface area contributed by atoms with E-state index in [0.29, 0.717) is 24.9 Å². The Morgan fingerprint density at radius 1 is 1.32 bits per heavy atom. The van der Waals surface area contributed by atoms with Crippen molar-refractivity contribution >= 4 is 11.4 Å². The van der Waals surface area contributed by atoms with Gasteiger partial charge in [-0.2, -0.15) is 0 Å². The number of likely N-dealkylation sites (N-methyl/N-ethyl adjacent to an activating group) is 1. The van der Waals surface area contributed by atoms with Gasteiger partial charge in [0.1, 0.15) is 5.75 Å². The van der Waals surface area contributed by atoms with Crippen LogP contribution in [-0.2, 0) is 4.74 Å². The number of rotatable bonds is 8. The van der Waals surface area contributed by atoms with E-state index < -0.39 is 0 Å². The zero-order valence-electron chi connectivity index (χ0n) is 12.5. The Morgan fingerprint density at radius 3 is 2.63 bits per heavy atom. The lowest BCUT2D eigenvalue weighted by Gasteiger charge is -2.30. The van der Waals surface area contributed by atoms with E-state index in [1.165, 1.54) is 0 Å². The third kappa shape index (κ3) is 4.31. The highest BCUT2D eigenvalue weighted by molar-refractivity contribution is 5.62. The molecule has 0 amide bonds. The zero-order chi connectivity index (χ0) is 14.3. The summed E-state index contributed by atoms with van der Waals surface area (Å²) in [6.45, 7) is 8.67. The van der Waals surface area contributed by atoms with Gasteiger partial charge in [-0.25, -0.2) is 0 Å². The average Bonchev–Trinajstić information content (AvgIpc) is 2.40. The molecule has 4 nitrogen and oxygen atoms in total. The minimum absolute atomic E-state index is 0.317. The molecule has 0 aliphatic rings. The van der Waals surface area contributed by atoms with Crippen LogP contribution in [0.3, 0.4) is 0 Å². The fraction of sp³-hybridized carbons (Fsp3) is 0.600. The van der Waals surface area contributed by atoms with Crippen LogP contribution < -0.4 is 15.4 Å². The van der Waals surface area contributed by atoms with Crippen LogP contribution in [0.5, 0.6) is 5.75 Å². The second-order valence-corrected chi connectivity index (χ2v) is 4.66. The Labute approximate surface area is 116 Å². The number of anilines is 2. The first-order valence-corrected chi connectivity index (χ1v) is 6.91. The number of hydrogen-bond acceptors (Lipinski definition) is 4. The maximum Gasteiger partial charge on any atom is 0.144 e. The van der Waals surface area contributed by atoms with Crippen molar-refractivity contribution in [2.75, 3.05) is 37.5 Å². The SMILES string of the molecule is CCCOc1cc(N(CC)C(C)COC)ccc1N. The van der Waals surface area contributed by atoms with Crippen LogP contribution in [0.15, 0.2) is 18.2 Å². The molecule has 0 spiro atoms. The second kappa shape index (κ2) is 7.89. The first kappa shape index (κ1) is 15.6. The first-order chi connectivity index (χ1) is 9.13. The van der Waals surface area contributed by atoms with Gasteiger partial charge >= 0.3 is 0 Å². The van der Waals surface area contributed by atoms with E-state index in [9.17, 15) is 0 Å². The van der Waals surface area contributed by atoms with E-state index in [1.807, 2.05) is 18.2 Å². The molecule has 0 bridgehead atoms. The van der Waals surface area contributed by atoms with Gasteiger partial charge < -0.3 is 20.1 Å². The van der Waals surface area contributed by atoms with E-state index in [1.54, 1.807) is 7.11 Å². The van der Waals surface area contributed by atoms with Crippen LogP contribution in [0.2, 0.25) is 0 Å². The van der Waals surface area contributed by atoms with Crippen molar-refractivity contribution in [2.24, 2.45) is 0 Å².